The SMILES string of the molecule is O=C(Nc1cccc(NC(=O)c2c(F)cccc2F)c1)c1cccnc1. The Labute approximate surface area is 147 Å². The quantitative estimate of drug-likeness (QED) is 0.748. The second kappa shape index (κ2) is 7.52. The van der Waals surface area contributed by atoms with E-state index in [1.165, 1.54) is 24.4 Å². The zero-order valence-electron chi connectivity index (χ0n) is 13.4. The molecule has 0 bridgehead atoms. The van der Waals surface area contributed by atoms with E-state index < -0.39 is 23.1 Å². The molecular formula is C19H13F2N3O2. The van der Waals surface area contributed by atoms with Crippen LogP contribution >= 0.6 is 0 Å². The van der Waals surface area contributed by atoms with Gasteiger partial charge in [0.25, 0.3) is 11.8 Å². The minimum Gasteiger partial charge on any atom is -0.322 e. The molecular weight excluding hydrogens is 340 g/mol. The van der Waals surface area contributed by atoms with Gasteiger partial charge in [-0.25, -0.2) is 8.78 Å². The normalized spacial score (nSPS) is 10.2. The van der Waals surface area contributed by atoms with E-state index >= 15 is 0 Å². The maximum atomic E-state index is 13.7. The summed E-state index contributed by atoms with van der Waals surface area (Å²) in [4.78, 5) is 28.1. The van der Waals surface area contributed by atoms with Crippen molar-refractivity contribution in [2.75, 3.05) is 10.6 Å². The van der Waals surface area contributed by atoms with Gasteiger partial charge in [0.15, 0.2) is 0 Å². The Bertz CT molecular complexity index is 942. The van der Waals surface area contributed by atoms with Crippen LogP contribution < -0.4 is 10.6 Å². The second-order valence-electron chi connectivity index (χ2n) is 5.33. The van der Waals surface area contributed by atoms with Gasteiger partial charge in [-0.05, 0) is 42.5 Å². The summed E-state index contributed by atoms with van der Waals surface area (Å²) in [5.41, 5.74) is 0.389. The Morgan fingerprint density at radius 2 is 1.42 bits per heavy atom. The van der Waals surface area contributed by atoms with Gasteiger partial charge in [0.2, 0.25) is 0 Å². The molecule has 5 nitrogen and oxygen atoms in total. The Morgan fingerprint density at radius 1 is 0.808 bits per heavy atom. The third-order valence-corrected chi connectivity index (χ3v) is 3.49. The molecule has 2 amide bonds. The van der Waals surface area contributed by atoms with E-state index in [9.17, 15) is 18.4 Å². The van der Waals surface area contributed by atoms with E-state index in [2.05, 4.69) is 15.6 Å². The lowest BCUT2D eigenvalue weighted by molar-refractivity contribution is 0.101. The molecule has 130 valence electrons. The molecule has 0 unspecified atom stereocenters. The molecule has 0 radical (unpaired) electrons. The average molecular weight is 353 g/mol. The Morgan fingerprint density at radius 3 is 2.04 bits per heavy atom. The molecule has 0 aliphatic carbocycles. The number of rotatable bonds is 4. The van der Waals surface area contributed by atoms with E-state index in [0.29, 0.717) is 11.3 Å². The first-order chi connectivity index (χ1) is 12.5. The number of carbonyl (C=O) groups excluding carboxylic acids is 2. The summed E-state index contributed by atoms with van der Waals surface area (Å²) in [6, 6.07) is 12.6. The molecule has 7 heteroatoms. The van der Waals surface area contributed by atoms with Crippen molar-refractivity contribution in [2.45, 2.75) is 0 Å². The van der Waals surface area contributed by atoms with Crippen LogP contribution in [0.1, 0.15) is 20.7 Å². The summed E-state index contributed by atoms with van der Waals surface area (Å²) in [6.07, 6.45) is 2.97. The zero-order valence-corrected chi connectivity index (χ0v) is 13.4. The molecule has 3 rings (SSSR count). The van der Waals surface area contributed by atoms with E-state index in [4.69, 9.17) is 0 Å². The Hall–Kier alpha value is -3.61. The number of nitrogens with zero attached hydrogens (tertiary/aromatic N) is 1. The zero-order chi connectivity index (χ0) is 18.5. The summed E-state index contributed by atoms with van der Waals surface area (Å²) in [6.45, 7) is 0. The van der Waals surface area contributed by atoms with Crippen LogP contribution in [0, 0.1) is 11.6 Å². The summed E-state index contributed by atoms with van der Waals surface area (Å²) in [5, 5.41) is 5.07. The van der Waals surface area contributed by atoms with Crippen LogP contribution in [0.5, 0.6) is 0 Å². The van der Waals surface area contributed by atoms with Gasteiger partial charge in [-0.1, -0.05) is 12.1 Å². The molecule has 2 aromatic carbocycles. The lowest BCUT2D eigenvalue weighted by Gasteiger charge is -2.10. The molecule has 0 saturated carbocycles. The van der Waals surface area contributed by atoms with Crippen molar-refractivity contribution in [3.8, 4) is 0 Å². The third kappa shape index (κ3) is 3.89. The molecule has 26 heavy (non-hydrogen) atoms. The van der Waals surface area contributed by atoms with Crippen LogP contribution in [-0.4, -0.2) is 16.8 Å². The molecule has 0 fully saturated rings. The third-order valence-electron chi connectivity index (χ3n) is 3.49. The molecule has 0 atom stereocenters. The summed E-state index contributed by atoms with van der Waals surface area (Å²) in [5.74, 6) is -3.20. The lowest BCUT2D eigenvalue weighted by atomic mass is 10.1. The first-order valence-electron chi connectivity index (χ1n) is 7.61. The van der Waals surface area contributed by atoms with Gasteiger partial charge in [0, 0.05) is 23.8 Å². The van der Waals surface area contributed by atoms with Crippen LogP contribution in [0.2, 0.25) is 0 Å². The number of nitrogens with one attached hydrogen (secondary N) is 2. The number of pyridine rings is 1. The number of hydrogen-bond acceptors (Lipinski definition) is 3. The highest BCUT2D eigenvalue weighted by atomic mass is 19.1. The predicted molar refractivity (Wildman–Crippen MR) is 92.9 cm³/mol. The molecule has 0 aliphatic rings. The predicted octanol–water partition coefficient (Wildman–Crippen LogP) is 3.86. The molecule has 1 aromatic heterocycles. The van der Waals surface area contributed by atoms with Gasteiger partial charge < -0.3 is 10.6 Å². The number of aromatic nitrogens is 1. The van der Waals surface area contributed by atoms with Crippen LogP contribution in [-0.2, 0) is 0 Å². The molecule has 2 N–H and O–H groups in total. The van der Waals surface area contributed by atoms with Crippen molar-refractivity contribution >= 4 is 23.2 Å². The van der Waals surface area contributed by atoms with E-state index in [-0.39, 0.29) is 11.6 Å². The minimum atomic E-state index is -0.955. The number of halogens is 2. The van der Waals surface area contributed by atoms with Crippen molar-refractivity contribution in [1.29, 1.82) is 0 Å². The van der Waals surface area contributed by atoms with Gasteiger partial charge in [-0.3, -0.25) is 14.6 Å². The fourth-order valence-electron chi connectivity index (χ4n) is 2.28. The Kier molecular flexibility index (Phi) is 4.98. The number of anilines is 2. The van der Waals surface area contributed by atoms with Crippen molar-refractivity contribution < 1.29 is 18.4 Å². The molecule has 0 spiro atoms. The highest BCUT2D eigenvalue weighted by Crippen LogP contribution is 2.19. The van der Waals surface area contributed by atoms with Crippen molar-refractivity contribution in [3.63, 3.8) is 0 Å². The summed E-state index contributed by atoms with van der Waals surface area (Å²) >= 11 is 0. The first-order valence-corrected chi connectivity index (χ1v) is 7.61. The van der Waals surface area contributed by atoms with Gasteiger partial charge in [0.1, 0.15) is 17.2 Å². The first kappa shape index (κ1) is 17.2. The summed E-state index contributed by atoms with van der Waals surface area (Å²) in [7, 11) is 0. The van der Waals surface area contributed by atoms with Crippen molar-refractivity contribution in [1.82, 2.24) is 4.98 Å². The fourth-order valence-corrected chi connectivity index (χ4v) is 2.28. The highest BCUT2D eigenvalue weighted by Gasteiger charge is 2.17. The van der Waals surface area contributed by atoms with Crippen molar-refractivity contribution in [3.05, 3.63) is 89.8 Å². The number of hydrogen-bond donors (Lipinski definition) is 2. The molecule has 3 aromatic rings. The largest absolute Gasteiger partial charge is 0.322 e. The average Bonchev–Trinajstić information content (AvgIpc) is 2.62. The number of carbonyl (C=O) groups is 2. The maximum absolute atomic E-state index is 13.7. The topological polar surface area (TPSA) is 71.1 Å². The number of benzene rings is 2. The van der Waals surface area contributed by atoms with E-state index in [1.54, 1.807) is 30.5 Å². The van der Waals surface area contributed by atoms with Crippen LogP contribution in [0.3, 0.4) is 0 Å². The molecule has 1 heterocycles. The van der Waals surface area contributed by atoms with E-state index in [0.717, 1.165) is 12.1 Å². The highest BCUT2D eigenvalue weighted by molar-refractivity contribution is 6.06. The van der Waals surface area contributed by atoms with Gasteiger partial charge in [-0.15, -0.1) is 0 Å². The van der Waals surface area contributed by atoms with Crippen LogP contribution in [0.4, 0.5) is 20.2 Å². The van der Waals surface area contributed by atoms with Crippen molar-refractivity contribution in [2.24, 2.45) is 0 Å². The maximum Gasteiger partial charge on any atom is 0.261 e. The Balaban J connectivity index is 1.75. The fraction of sp³-hybridized carbons (Fsp3) is 0. The van der Waals surface area contributed by atoms with Gasteiger partial charge in [0.05, 0.1) is 5.56 Å². The standard InChI is InChI=1S/C19H13F2N3O2/c20-15-7-2-8-16(21)17(15)19(26)24-14-6-1-5-13(10-14)23-18(25)12-4-3-9-22-11-12/h1-11H,(H,23,25)(H,24,26). The second-order valence-corrected chi connectivity index (χ2v) is 5.33. The lowest BCUT2D eigenvalue weighted by Crippen LogP contribution is -2.16. The van der Waals surface area contributed by atoms with Crippen LogP contribution in [0.25, 0.3) is 0 Å². The smallest absolute Gasteiger partial charge is 0.261 e. The minimum absolute atomic E-state index is 0.279. The van der Waals surface area contributed by atoms with Gasteiger partial charge in [-0.2, -0.15) is 0 Å². The van der Waals surface area contributed by atoms with E-state index in [1.807, 2.05) is 0 Å². The molecule has 0 aliphatic heterocycles. The molecule has 0 saturated heterocycles. The summed E-state index contributed by atoms with van der Waals surface area (Å²) < 4.78 is 27.4. The number of amides is 2. The monoisotopic (exact) mass is 353 g/mol. The van der Waals surface area contributed by atoms with Gasteiger partial charge >= 0.3 is 0 Å². The van der Waals surface area contributed by atoms with Crippen LogP contribution in [0.15, 0.2) is 67.0 Å².